The van der Waals surface area contributed by atoms with Crippen LogP contribution in [0.15, 0.2) is 18.2 Å². The van der Waals surface area contributed by atoms with Crippen LogP contribution >= 0.6 is 11.3 Å². The van der Waals surface area contributed by atoms with E-state index < -0.39 is 0 Å². The van der Waals surface area contributed by atoms with Crippen LogP contribution in [-0.2, 0) is 9.59 Å². The van der Waals surface area contributed by atoms with Crippen LogP contribution in [-0.4, -0.2) is 22.0 Å². The SMILES string of the molecule is Cc1cccc(NC(=O)CCC(=O)Nc2nnc(C3CCCCC3)s2)c1C. The van der Waals surface area contributed by atoms with E-state index in [4.69, 9.17) is 0 Å². The molecule has 0 spiro atoms. The standard InChI is InChI=1S/C20H26N4O2S/c1-13-7-6-10-16(14(13)2)21-17(25)11-12-18(26)22-20-24-23-19(27-20)15-8-4-3-5-9-15/h6-7,10,15H,3-5,8-9,11-12H2,1-2H3,(H,21,25)(H,22,24,26). The number of carbonyl (C=O) groups excluding carboxylic acids is 2. The van der Waals surface area contributed by atoms with Gasteiger partial charge in [-0.1, -0.05) is 42.7 Å². The molecule has 3 rings (SSSR count). The number of nitrogens with zero attached hydrogens (tertiary/aromatic N) is 2. The summed E-state index contributed by atoms with van der Waals surface area (Å²) in [7, 11) is 0. The average molecular weight is 387 g/mol. The normalized spacial score (nSPS) is 14.7. The number of aromatic nitrogens is 2. The van der Waals surface area contributed by atoms with E-state index >= 15 is 0 Å². The summed E-state index contributed by atoms with van der Waals surface area (Å²) in [6.07, 6.45) is 6.33. The van der Waals surface area contributed by atoms with Crippen LogP contribution in [0.5, 0.6) is 0 Å². The van der Waals surface area contributed by atoms with E-state index in [1.54, 1.807) is 0 Å². The molecule has 0 radical (unpaired) electrons. The molecule has 27 heavy (non-hydrogen) atoms. The molecule has 144 valence electrons. The Morgan fingerprint density at radius 3 is 2.48 bits per heavy atom. The van der Waals surface area contributed by atoms with Gasteiger partial charge in [-0.05, 0) is 43.9 Å². The third kappa shape index (κ3) is 5.35. The third-order valence-electron chi connectivity index (χ3n) is 5.10. The zero-order valence-corrected chi connectivity index (χ0v) is 16.7. The minimum atomic E-state index is -0.211. The van der Waals surface area contributed by atoms with Crippen LogP contribution in [0.25, 0.3) is 0 Å². The molecule has 2 aromatic rings. The van der Waals surface area contributed by atoms with Crippen LogP contribution in [0, 0.1) is 13.8 Å². The van der Waals surface area contributed by atoms with E-state index in [0.717, 1.165) is 34.7 Å². The summed E-state index contributed by atoms with van der Waals surface area (Å²) in [6, 6.07) is 5.78. The summed E-state index contributed by atoms with van der Waals surface area (Å²) < 4.78 is 0. The van der Waals surface area contributed by atoms with Crippen LogP contribution in [0.4, 0.5) is 10.8 Å². The highest BCUT2D eigenvalue weighted by Crippen LogP contribution is 2.35. The fraction of sp³-hybridized carbons (Fsp3) is 0.500. The second kappa shape index (κ2) is 9.08. The zero-order valence-electron chi connectivity index (χ0n) is 15.9. The second-order valence-corrected chi connectivity index (χ2v) is 8.13. The van der Waals surface area contributed by atoms with Gasteiger partial charge in [0, 0.05) is 24.4 Å². The van der Waals surface area contributed by atoms with Crippen molar-refractivity contribution in [2.75, 3.05) is 10.6 Å². The number of nitrogens with one attached hydrogen (secondary N) is 2. The number of hydrogen-bond acceptors (Lipinski definition) is 5. The first-order valence-corrected chi connectivity index (χ1v) is 10.3. The molecule has 2 N–H and O–H groups in total. The molecule has 0 unspecified atom stereocenters. The van der Waals surface area contributed by atoms with Gasteiger partial charge in [-0.3, -0.25) is 9.59 Å². The number of rotatable bonds is 6. The van der Waals surface area contributed by atoms with E-state index in [0.29, 0.717) is 11.0 Å². The Labute approximate surface area is 163 Å². The minimum absolute atomic E-state index is 0.120. The zero-order chi connectivity index (χ0) is 19.2. The highest BCUT2D eigenvalue weighted by Gasteiger charge is 2.20. The highest BCUT2D eigenvalue weighted by molar-refractivity contribution is 7.15. The average Bonchev–Trinajstić information content (AvgIpc) is 3.13. The van der Waals surface area contributed by atoms with Crippen molar-refractivity contribution in [1.82, 2.24) is 10.2 Å². The first-order valence-electron chi connectivity index (χ1n) is 9.52. The van der Waals surface area contributed by atoms with Crippen molar-refractivity contribution in [3.05, 3.63) is 34.3 Å². The van der Waals surface area contributed by atoms with Gasteiger partial charge in [0.15, 0.2) is 0 Å². The fourth-order valence-electron chi connectivity index (χ4n) is 3.31. The maximum Gasteiger partial charge on any atom is 0.226 e. The molecule has 2 amide bonds. The molecule has 1 aliphatic carbocycles. The van der Waals surface area contributed by atoms with E-state index in [1.807, 2.05) is 32.0 Å². The summed E-state index contributed by atoms with van der Waals surface area (Å²) in [6.45, 7) is 3.97. The van der Waals surface area contributed by atoms with Crippen molar-refractivity contribution in [1.29, 1.82) is 0 Å². The summed E-state index contributed by atoms with van der Waals surface area (Å²) >= 11 is 1.45. The number of aryl methyl sites for hydroxylation is 1. The van der Waals surface area contributed by atoms with Crippen LogP contribution in [0.2, 0.25) is 0 Å². The van der Waals surface area contributed by atoms with E-state index in [2.05, 4.69) is 20.8 Å². The lowest BCUT2D eigenvalue weighted by Gasteiger charge is -2.18. The summed E-state index contributed by atoms with van der Waals surface area (Å²) in [5.41, 5.74) is 2.96. The lowest BCUT2D eigenvalue weighted by Crippen LogP contribution is -2.17. The Morgan fingerprint density at radius 2 is 1.74 bits per heavy atom. The molecule has 1 saturated carbocycles. The first kappa shape index (κ1) is 19.5. The molecule has 0 bridgehead atoms. The van der Waals surface area contributed by atoms with Crippen molar-refractivity contribution in [3.8, 4) is 0 Å². The van der Waals surface area contributed by atoms with Gasteiger partial charge in [-0.25, -0.2) is 0 Å². The van der Waals surface area contributed by atoms with Crippen molar-refractivity contribution in [2.24, 2.45) is 0 Å². The molecule has 7 heteroatoms. The van der Waals surface area contributed by atoms with Crippen LogP contribution in [0.1, 0.15) is 67.0 Å². The third-order valence-corrected chi connectivity index (χ3v) is 6.10. The molecule has 1 aromatic carbocycles. The number of amides is 2. The predicted molar refractivity (Wildman–Crippen MR) is 108 cm³/mol. The first-order chi connectivity index (χ1) is 13.0. The van der Waals surface area contributed by atoms with Gasteiger partial charge < -0.3 is 10.6 Å². The predicted octanol–water partition coefficient (Wildman–Crippen LogP) is 4.56. The molecule has 1 aromatic heterocycles. The van der Waals surface area contributed by atoms with Crippen molar-refractivity contribution < 1.29 is 9.59 Å². The molecule has 6 nitrogen and oxygen atoms in total. The van der Waals surface area contributed by atoms with E-state index in [1.165, 1.54) is 30.6 Å². The maximum atomic E-state index is 12.1. The van der Waals surface area contributed by atoms with Crippen LogP contribution < -0.4 is 10.6 Å². The quantitative estimate of drug-likeness (QED) is 0.762. The van der Waals surface area contributed by atoms with Gasteiger partial charge in [0.05, 0.1) is 0 Å². The monoisotopic (exact) mass is 386 g/mol. The van der Waals surface area contributed by atoms with Gasteiger partial charge in [-0.15, -0.1) is 10.2 Å². The summed E-state index contributed by atoms with van der Waals surface area (Å²) in [5, 5.41) is 15.5. The topological polar surface area (TPSA) is 84.0 Å². The number of anilines is 2. The van der Waals surface area contributed by atoms with Crippen LogP contribution in [0.3, 0.4) is 0 Å². The molecule has 1 fully saturated rings. The van der Waals surface area contributed by atoms with Gasteiger partial charge in [0.1, 0.15) is 5.01 Å². The minimum Gasteiger partial charge on any atom is -0.326 e. The largest absolute Gasteiger partial charge is 0.326 e. The Hall–Kier alpha value is -2.28. The Bertz CT molecular complexity index is 812. The Balaban J connectivity index is 1.46. The maximum absolute atomic E-state index is 12.1. The van der Waals surface area contributed by atoms with Gasteiger partial charge in [-0.2, -0.15) is 0 Å². The van der Waals surface area contributed by atoms with Crippen molar-refractivity contribution >= 4 is 34.0 Å². The lowest BCUT2D eigenvalue weighted by atomic mass is 9.90. The number of benzene rings is 1. The van der Waals surface area contributed by atoms with E-state index in [9.17, 15) is 9.59 Å². The summed E-state index contributed by atoms with van der Waals surface area (Å²) in [5.74, 6) is 0.0988. The highest BCUT2D eigenvalue weighted by atomic mass is 32.1. The van der Waals surface area contributed by atoms with Gasteiger partial charge in [0.2, 0.25) is 16.9 Å². The smallest absolute Gasteiger partial charge is 0.226 e. The molecule has 0 atom stereocenters. The van der Waals surface area contributed by atoms with Gasteiger partial charge in [0.25, 0.3) is 0 Å². The molecule has 0 saturated heterocycles. The number of carbonyl (C=O) groups is 2. The molecule has 0 aliphatic heterocycles. The molecular weight excluding hydrogens is 360 g/mol. The summed E-state index contributed by atoms with van der Waals surface area (Å²) in [4.78, 5) is 24.3. The van der Waals surface area contributed by atoms with Crippen molar-refractivity contribution in [2.45, 2.75) is 64.7 Å². The Morgan fingerprint density at radius 1 is 1.04 bits per heavy atom. The Kier molecular flexibility index (Phi) is 6.55. The number of hydrogen-bond donors (Lipinski definition) is 2. The molecular formula is C20H26N4O2S. The van der Waals surface area contributed by atoms with E-state index in [-0.39, 0.29) is 24.7 Å². The van der Waals surface area contributed by atoms with Crippen molar-refractivity contribution in [3.63, 3.8) is 0 Å². The molecule has 1 aliphatic rings. The molecule has 1 heterocycles. The fourth-order valence-corrected chi connectivity index (χ4v) is 4.24. The second-order valence-electron chi connectivity index (χ2n) is 7.12. The van der Waals surface area contributed by atoms with Gasteiger partial charge >= 0.3 is 0 Å². The lowest BCUT2D eigenvalue weighted by molar-refractivity contribution is -0.121.